The van der Waals surface area contributed by atoms with Gasteiger partial charge in [0.1, 0.15) is 12.4 Å². The van der Waals surface area contributed by atoms with Crippen LogP contribution in [-0.2, 0) is 6.61 Å². The fourth-order valence-electron chi connectivity index (χ4n) is 1.42. The largest absolute Gasteiger partial charge is 0.488 e. The molecular weight excluding hydrogens is 318 g/mol. The number of pyridine rings is 1. The van der Waals surface area contributed by atoms with Gasteiger partial charge in [0, 0.05) is 22.4 Å². The lowest BCUT2D eigenvalue weighted by molar-refractivity contribution is 0.111. The number of halogens is 2. The van der Waals surface area contributed by atoms with Crippen molar-refractivity contribution in [2.75, 3.05) is 0 Å². The summed E-state index contributed by atoms with van der Waals surface area (Å²) in [4.78, 5) is 14.8. The lowest BCUT2D eigenvalue weighted by atomic mass is 10.2. The Bertz CT molecular complexity index is 575. The van der Waals surface area contributed by atoms with Gasteiger partial charge in [0.05, 0.1) is 10.6 Å². The Balaban J connectivity index is 2.16. The molecule has 1 aromatic carbocycles. The zero-order valence-corrected chi connectivity index (χ0v) is 11.6. The van der Waals surface area contributed by atoms with Gasteiger partial charge in [-0.15, -0.1) is 0 Å². The van der Waals surface area contributed by atoms with Gasteiger partial charge in [0.15, 0.2) is 6.29 Å². The minimum Gasteiger partial charge on any atom is -0.488 e. The summed E-state index contributed by atoms with van der Waals surface area (Å²) in [7, 11) is 0. The molecule has 0 radical (unpaired) electrons. The van der Waals surface area contributed by atoms with Crippen LogP contribution in [0.15, 0.2) is 41.1 Å². The molecule has 0 aliphatic heterocycles. The normalized spacial score (nSPS) is 10.1. The zero-order valence-electron chi connectivity index (χ0n) is 9.27. The first-order valence-corrected chi connectivity index (χ1v) is 6.33. The molecular formula is C13H9BrClNO2. The highest BCUT2D eigenvalue weighted by molar-refractivity contribution is 9.10. The molecule has 0 spiro atoms. The third-order valence-electron chi connectivity index (χ3n) is 2.34. The van der Waals surface area contributed by atoms with Crippen molar-refractivity contribution in [1.29, 1.82) is 0 Å². The van der Waals surface area contributed by atoms with Crippen molar-refractivity contribution in [3.8, 4) is 5.75 Å². The highest BCUT2D eigenvalue weighted by Gasteiger charge is 2.05. The maximum Gasteiger partial charge on any atom is 0.153 e. The highest BCUT2D eigenvalue weighted by atomic mass is 79.9. The Morgan fingerprint density at radius 2 is 2.22 bits per heavy atom. The molecule has 18 heavy (non-hydrogen) atoms. The van der Waals surface area contributed by atoms with Crippen molar-refractivity contribution < 1.29 is 9.53 Å². The summed E-state index contributed by atoms with van der Waals surface area (Å²) in [6.45, 7) is 0.295. The van der Waals surface area contributed by atoms with Crippen LogP contribution in [0.3, 0.4) is 0 Å². The number of carbonyl (C=O) groups excluding carboxylic acids is 1. The summed E-state index contributed by atoms with van der Waals surface area (Å²) >= 11 is 9.27. The number of ether oxygens (including phenoxy) is 1. The van der Waals surface area contributed by atoms with Crippen molar-refractivity contribution in [2.24, 2.45) is 0 Å². The van der Waals surface area contributed by atoms with Crippen molar-refractivity contribution in [3.63, 3.8) is 0 Å². The first-order valence-electron chi connectivity index (χ1n) is 5.16. The summed E-state index contributed by atoms with van der Waals surface area (Å²) in [5.74, 6) is 0.529. The van der Waals surface area contributed by atoms with Crippen LogP contribution in [-0.4, -0.2) is 11.3 Å². The minimum absolute atomic E-state index is 0.295. The average molecular weight is 327 g/mol. The molecule has 0 saturated carbocycles. The van der Waals surface area contributed by atoms with E-state index < -0.39 is 0 Å². The van der Waals surface area contributed by atoms with Crippen LogP contribution in [0, 0.1) is 0 Å². The van der Waals surface area contributed by atoms with Crippen LogP contribution in [0.5, 0.6) is 5.75 Å². The number of benzene rings is 1. The molecule has 0 aliphatic carbocycles. The second-order valence-corrected chi connectivity index (χ2v) is 4.88. The molecule has 0 unspecified atom stereocenters. The van der Waals surface area contributed by atoms with Crippen LogP contribution in [0.4, 0.5) is 0 Å². The number of aromatic nitrogens is 1. The molecule has 0 aliphatic rings. The molecule has 0 atom stereocenters. The standard InChI is InChI=1S/C13H9BrClNO2/c14-11-1-2-13(10(5-11)7-17)18-8-9-3-4-16-6-12(9)15/h1-7H,8H2. The Kier molecular flexibility index (Phi) is 4.33. The summed E-state index contributed by atoms with van der Waals surface area (Å²) in [6, 6.07) is 7.04. The lowest BCUT2D eigenvalue weighted by Crippen LogP contribution is -1.99. The molecule has 92 valence electrons. The minimum atomic E-state index is 0.295. The topological polar surface area (TPSA) is 39.2 Å². The number of hydrogen-bond acceptors (Lipinski definition) is 3. The summed E-state index contributed by atoms with van der Waals surface area (Å²) in [6.07, 6.45) is 3.96. The molecule has 0 fully saturated rings. The van der Waals surface area contributed by atoms with Crippen LogP contribution in [0.1, 0.15) is 15.9 Å². The van der Waals surface area contributed by atoms with Crippen molar-refractivity contribution >= 4 is 33.8 Å². The van der Waals surface area contributed by atoms with Gasteiger partial charge in [-0.2, -0.15) is 0 Å². The molecule has 0 saturated heterocycles. The van der Waals surface area contributed by atoms with E-state index in [0.717, 1.165) is 16.3 Å². The Labute approximate surface area is 118 Å². The van der Waals surface area contributed by atoms with E-state index >= 15 is 0 Å². The number of carbonyl (C=O) groups is 1. The molecule has 0 amide bonds. The quantitative estimate of drug-likeness (QED) is 0.800. The fourth-order valence-corrected chi connectivity index (χ4v) is 1.97. The number of rotatable bonds is 4. The second-order valence-electron chi connectivity index (χ2n) is 3.56. The molecule has 1 heterocycles. The zero-order chi connectivity index (χ0) is 13.0. The molecule has 1 aromatic heterocycles. The molecule has 3 nitrogen and oxygen atoms in total. The monoisotopic (exact) mass is 325 g/mol. The van der Waals surface area contributed by atoms with Crippen molar-refractivity contribution in [1.82, 2.24) is 4.98 Å². The van der Waals surface area contributed by atoms with Gasteiger partial charge in [0.25, 0.3) is 0 Å². The van der Waals surface area contributed by atoms with Crippen molar-refractivity contribution in [2.45, 2.75) is 6.61 Å². The van der Waals surface area contributed by atoms with E-state index in [9.17, 15) is 4.79 Å². The van der Waals surface area contributed by atoms with Gasteiger partial charge in [-0.25, -0.2) is 0 Å². The third kappa shape index (κ3) is 3.09. The van der Waals surface area contributed by atoms with Crippen molar-refractivity contribution in [3.05, 3.63) is 57.3 Å². The number of aldehydes is 1. The first kappa shape index (κ1) is 13.1. The number of hydrogen-bond donors (Lipinski definition) is 0. The lowest BCUT2D eigenvalue weighted by Gasteiger charge is -2.09. The maximum atomic E-state index is 10.9. The van der Waals surface area contributed by atoms with E-state index in [4.69, 9.17) is 16.3 Å². The fraction of sp³-hybridized carbons (Fsp3) is 0.0769. The maximum absolute atomic E-state index is 10.9. The Hall–Kier alpha value is -1.39. The van der Waals surface area contributed by atoms with Gasteiger partial charge in [-0.05, 0) is 24.3 Å². The van der Waals surface area contributed by atoms with Crippen LogP contribution in [0.2, 0.25) is 5.02 Å². The van der Waals surface area contributed by atoms with Gasteiger partial charge >= 0.3 is 0 Å². The van der Waals surface area contributed by atoms with E-state index in [1.807, 2.05) is 6.07 Å². The predicted molar refractivity (Wildman–Crippen MR) is 73.1 cm³/mol. The van der Waals surface area contributed by atoms with E-state index in [2.05, 4.69) is 20.9 Å². The van der Waals surface area contributed by atoms with Crippen LogP contribution < -0.4 is 4.74 Å². The van der Waals surface area contributed by atoms with Gasteiger partial charge in [-0.1, -0.05) is 27.5 Å². The van der Waals surface area contributed by atoms with E-state index in [0.29, 0.717) is 22.9 Å². The molecule has 2 aromatic rings. The van der Waals surface area contributed by atoms with E-state index in [-0.39, 0.29) is 0 Å². The SMILES string of the molecule is O=Cc1cc(Br)ccc1OCc1ccncc1Cl. The number of nitrogens with zero attached hydrogens (tertiary/aromatic N) is 1. The second kappa shape index (κ2) is 5.98. The van der Waals surface area contributed by atoms with E-state index in [1.165, 1.54) is 0 Å². The van der Waals surface area contributed by atoms with Crippen LogP contribution >= 0.6 is 27.5 Å². The summed E-state index contributed by atoms with van der Waals surface area (Å²) in [5, 5.41) is 0.544. The van der Waals surface area contributed by atoms with Gasteiger partial charge in [-0.3, -0.25) is 9.78 Å². The molecule has 5 heteroatoms. The Morgan fingerprint density at radius 3 is 2.94 bits per heavy atom. The van der Waals surface area contributed by atoms with Crippen LogP contribution in [0.25, 0.3) is 0 Å². The first-order chi connectivity index (χ1) is 8.70. The average Bonchev–Trinajstić information content (AvgIpc) is 2.39. The van der Waals surface area contributed by atoms with Gasteiger partial charge in [0.2, 0.25) is 0 Å². The summed E-state index contributed by atoms with van der Waals surface area (Å²) < 4.78 is 6.42. The molecule has 2 rings (SSSR count). The smallest absolute Gasteiger partial charge is 0.153 e. The predicted octanol–water partition coefficient (Wildman–Crippen LogP) is 3.89. The van der Waals surface area contributed by atoms with Gasteiger partial charge < -0.3 is 4.74 Å². The highest BCUT2D eigenvalue weighted by Crippen LogP contribution is 2.23. The Morgan fingerprint density at radius 1 is 1.39 bits per heavy atom. The third-order valence-corrected chi connectivity index (χ3v) is 3.17. The molecule has 0 N–H and O–H groups in total. The summed E-state index contributed by atoms with van der Waals surface area (Å²) in [5.41, 5.74) is 1.32. The van der Waals surface area contributed by atoms with E-state index in [1.54, 1.807) is 30.6 Å². The molecule has 0 bridgehead atoms.